The van der Waals surface area contributed by atoms with Gasteiger partial charge in [-0.2, -0.15) is 0 Å². The lowest BCUT2D eigenvalue weighted by molar-refractivity contribution is -0.121. The summed E-state index contributed by atoms with van der Waals surface area (Å²) in [6.07, 6.45) is 2.90. The first kappa shape index (κ1) is 19.1. The number of likely N-dealkylation sites (tertiary alicyclic amines) is 1. The summed E-state index contributed by atoms with van der Waals surface area (Å²) in [6, 6.07) is 2.04. The highest BCUT2D eigenvalue weighted by Crippen LogP contribution is 2.29. The molecule has 1 atom stereocenters. The van der Waals surface area contributed by atoms with Gasteiger partial charge >= 0.3 is 0 Å². The van der Waals surface area contributed by atoms with Crippen LogP contribution in [0.15, 0.2) is 12.1 Å². The number of hydrogen-bond donors (Lipinski definition) is 1. The smallest absolute Gasteiger partial charge is 0.230 e. The third kappa shape index (κ3) is 4.75. The number of benzene rings is 1. The monoisotopic (exact) mass is 382 g/mol. The second-order valence-corrected chi connectivity index (χ2v) is 8.07. The van der Waals surface area contributed by atoms with E-state index in [1.165, 1.54) is 6.07 Å². The van der Waals surface area contributed by atoms with Crippen LogP contribution in [0.2, 0.25) is 0 Å². The van der Waals surface area contributed by atoms with E-state index in [4.69, 9.17) is 0 Å². The lowest BCUT2D eigenvalue weighted by Crippen LogP contribution is -2.41. The maximum absolute atomic E-state index is 13.8. The number of halogens is 2. The number of piperidine rings is 1. The minimum atomic E-state index is -0.707. The van der Waals surface area contributed by atoms with Gasteiger partial charge in [0.25, 0.3) is 0 Å². The van der Waals surface area contributed by atoms with Crippen molar-refractivity contribution in [3.05, 3.63) is 23.8 Å². The Labute approximate surface area is 156 Å². The van der Waals surface area contributed by atoms with Crippen LogP contribution in [0.5, 0.6) is 0 Å². The number of hydrogen-bond acceptors (Lipinski definition) is 5. The molecule has 0 saturated carbocycles. The Hall–Kier alpha value is -1.64. The molecule has 1 aliphatic heterocycles. The molecule has 1 aromatic heterocycles. The van der Waals surface area contributed by atoms with Crippen LogP contribution in [-0.4, -0.2) is 61.0 Å². The molecule has 8 heteroatoms. The number of aromatic nitrogens is 1. The van der Waals surface area contributed by atoms with Crippen LogP contribution in [0.1, 0.15) is 19.3 Å². The highest BCUT2D eigenvalue weighted by atomic mass is 32.1. The lowest BCUT2D eigenvalue weighted by Gasteiger charge is -2.32. The van der Waals surface area contributed by atoms with Gasteiger partial charge in [0.05, 0.1) is 10.6 Å². The third-order valence-electron chi connectivity index (χ3n) is 4.60. The fourth-order valence-electron chi connectivity index (χ4n) is 3.30. The number of fused-ring (bicyclic) bond motifs is 1. The van der Waals surface area contributed by atoms with Crippen molar-refractivity contribution in [2.45, 2.75) is 19.3 Å². The van der Waals surface area contributed by atoms with Gasteiger partial charge in [0.15, 0.2) is 10.9 Å². The summed E-state index contributed by atoms with van der Waals surface area (Å²) < 4.78 is 27.5. The van der Waals surface area contributed by atoms with Crippen LogP contribution >= 0.6 is 11.3 Å². The van der Waals surface area contributed by atoms with Crippen LogP contribution in [0.25, 0.3) is 10.2 Å². The van der Waals surface area contributed by atoms with Gasteiger partial charge in [-0.05, 0) is 59.1 Å². The molecule has 1 aliphatic rings. The molecule has 1 fully saturated rings. The van der Waals surface area contributed by atoms with E-state index in [0.29, 0.717) is 9.83 Å². The fraction of sp³-hybridized carbons (Fsp3) is 0.556. The van der Waals surface area contributed by atoms with E-state index in [1.807, 2.05) is 0 Å². The Bertz CT molecular complexity index is 780. The molecule has 3 rings (SSSR count). The van der Waals surface area contributed by atoms with E-state index in [2.05, 4.69) is 34.2 Å². The molecule has 2 heterocycles. The molecule has 0 bridgehead atoms. The van der Waals surface area contributed by atoms with Crippen LogP contribution < -0.4 is 5.32 Å². The Morgan fingerprint density at radius 1 is 1.42 bits per heavy atom. The van der Waals surface area contributed by atoms with Crippen molar-refractivity contribution in [1.29, 1.82) is 0 Å². The summed E-state index contributed by atoms with van der Waals surface area (Å²) in [5.41, 5.74) is 0.0978. The molecule has 0 aliphatic carbocycles. The summed E-state index contributed by atoms with van der Waals surface area (Å²) in [6.45, 7) is 3.75. The highest BCUT2D eigenvalue weighted by Gasteiger charge is 2.26. The fourth-order valence-corrected chi connectivity index (χ4v) is 4.21. The molecule has 1 N–H and O–H groups in total. The summed E-state index contributed by atoms with van der Waals surface area (Å²) in [4.78, 5) is 21.2. The zero-order chi connectivity index (χ0) is 18.7. The minimum Gasteiger partial charge on any atom is -0.309 e. The highest BCUT2D eigenvalue weighted by molar-refractivity contribution is 7.22. The van der Waals surface area contributed by atoms with Crippen molar-refractivity contribution in [1.82, 2.24) is 14.8 Å². The van der Waals surface area contributed by atoms with Crippen LogP contribution in [0, 0.1) is 17.6 Å². The molecule has 1 saturated heterocycles. The van der Waals surface area contributed by atoms with E-state index >= 15 is 0 Å². The SMILES string of the molecule is CN(C)CCCN1CCCC(C(=O)Nc2nc3c(F)cc(F)cc3s2)C1. The van der Waals surface area contributed by atoms with Crippen molar-refractivity contribution in [2.75, 3.05) is 45.6 Å². The van der Waals surface area contributed by atoms with Gasteiger partial charge in [-0.1, -0.05) is 11.3 Å². The largest absolute Gasteiger partial charge is 0.309 e. The average molecular weight is 382 g/mol. The van der Waals surface area contributed by atoms with E-state index in [0.717, 1.165) is 62.8 Å². The zero-order valence-electron chi connectivity index (χ0n) is 15.1. The van der Waals surface area contributed by atoms with Crippen molar-refractivity contribution < 1.29 is 13.6 Å². The molecule has 0 spiro atoms. The first-order valence-corrected chi connectivity index (χ1v) is 9.67. The van der Waals surface area contributed by atoms with Gasteiger partial charge in [-0.15, -0.1) is 0 Å². The molecule has 2 aromatic rings. The number of thiazole rings is 1. The van der Waals surface area contributed by atoms with Crippen molar-refractivity contribution >= 4 is 32.6 Å². The molecule has 1 aromatic carbocycles. The standard InChI is InChI=1S/C18H24F2N4OS/c1-23(2)6-4-8-24-7-3-5-12(11-24)17(25)22-18-21-16-14(20)9-13(19)10-15(16)26-18/h9-10,12H,3-8,11H2,1-2H3,(H,21,22,25). The first-order chi connectivity index (χ1) is 12.4. The predicted octanol–water partition coefficient (Wildman–Crippen LogP) is 3.18. The predicted molar refractivity (Wildman–Crippen MR) is 101 cm³/mol. The Morgan fingerprint density at radius 3 is 3.00 bits per heavy atom. The van der Waals surface area contributed by atoms with Crippen molar-refractivity contribution in [3.8, 4) is 0 Å². The quantitative estimate of drug-likeness (QED) is 0.834. The third-order valence-corrected chi connectivity index (χ3v) is 5.52. The number of anilines is 1. The summed E-state index contributed by atoms with van der Waals surface area (Å²) in [5.74, 6) is -1.54. The van der Waals surface area contributed by atoms with Crippen molar-refractivity contribution in [3.63, 3.8) is 0 Å². The van der Waals surface area contributed by atoms with Gasteiger partial charge < -0.3 is 15.1 Å². The maximum atomic E-state index is 13.8. The lowest BCUT2D eigenvalue weighted by atomic mass is 9.97. The van der Waals surface area contributed by atoms with E-state index in [-0.39, 0.29) is 17.3 Å². The second kappa shape index (κ2) is 8.37. The number of carbonyl (C=O) groups excluding carboxylic acids is 1. The number of nitrogens with zero attached hydrogens (tertiary/aromatic N) is 3. The first-order valence-electron chi connectivity index (χ1n) is 8.86. The molecule has 26 heavy (non-hydrogen) atoms. The molecule has 0 radical (unpaired) electrons. The van der Waals surface area contributed by atoms with Gasteiger partial charge in [0.1, 0.15) is 11.3 Å². The van der Waals surface area contributed by atoms with Gasteiger partial charge in [0, 0.05) is 12.6 Å². The zero-order valence-corrected chi connectivity index (χ0v) is 15.9. The summed E-state index contributed by atoms with van der Waals surface area (Å²) in [7, 11) is 4.11. The van der Waals surface area contributed by atoms with E-state index in [9.17, 15) is 13.6 Å². The molecule has 1 unspecified atom stereocenters. The minimum absolute atomic E-state index is 0.0951. The molecule has 5 nitrogen and oxygen atoms in total. The summed E-state index contributed by atoms with van der Waals surface area (Å²) in [5, 5.41) is 3.11. The Morgan fingerprint density at radius 2 is 2.23 bits per heavy atom. The number of rotatable bonds is 6. The van der Waals surface area contributed by atoms with Gasteiger partial charge in [-0.3, -0.25) is 4.79 Å². The normalized spacial score (nSPS) is 18.6. The van der Waals surface area contributed by atoms with Gasteiger partial charge in [-0.25, -0.2) is 13.8 Å². The maximum Gasteiger partial charge on any atom is 0.230 e. The van der Waals surface area contributed by atoms with Gasteiger partial charge in [0.2, 0.25) is 5.91 Å². The number of amides is 1. The second-order valence-electron chi connectivity index (χ2n) is 7.04. The van der Waals surface area contributed by atoms with E-state index < -0.39 is 11.6 Å². The topological polar surface area (TPSA) is 48.5 Å². The average Bonchev–Trinajstić information content (AvgIpc) is 2.97. The molecule has 1 amide bonds. The van der Waals surface area contributed by atoms with Crippen LogP contribution in [0.3, 0.4) is 0 Å². The number of carbonyl (C=O) groups is 1. The number of nitrogens with one attached hydrogen (secondary N) is 1. The van der Waals surface area contributed by atoms with E-state index in [1.54, 1.807) is 0 Å². The van der Waals surface area contributed by atoms with Crippen LogP contribution in [0.4, 0.5) is 13.9 Å². The molecular weight excluding hydrogens is 358 g/mol. The summed E-state index contributed by atoms with van der Waals surface area (Å²) >= 11 is 1.09. The molecule has 142 valence electrons. The van der Waals surface area contributed by atoms with Crippen molar-refractivity contribution in [2.24, 2.45) is 5.92 Å². The van der Waals surface area contributed by atoms with Crippen LogP contribution in [-0.2, 0) is 4.79 Å². The Kier molecular flexibility index (Phi) is 6.16. The molecular formula is C18H24F2N4OS. The Balaban J connectivity index is 1.59.